The fraction of sp³-hybridized carbons (Fsp3) is 0.455. The number of hydrogen-bond acceptors (Lipinski definition) is 2. The van der Waals surface area contributed by atoms with E-state index in [0.29, 0.717) is 43.1 Å². The maximum atomic E-state index is 14.5. The molecule has 0 aromatic heterocycles. The number of benzene rings is 2. The molecule has 3 rings (SSSR count). The summed E-state index contributed by atoms with van der Waals surface area (Å²) in [6, 6.07) is 10.0. The zero-order valence-electron chi connectivity index (χ0n) is 15.4. The van der Waals surface area contributed by atoms with Gasteiger partial charge in [-0.05, 0) is 43.0 Å². The molecule has 2 nitrogen and oxygen atoms in total. The Morgan fingerprint density at radius 3 is 2.15 bits per heavy atom. The Bertz CT molecular complexity index is 696. The molecule has 0 N–H and O–H groups in total. The van der Waals surface area contributed by atoms with Crippen LogP contribution in [0.2, 0.25) is 0 Å². The van der Waals surface area contributed by atoms with Crippen molar-refractivity contribution in [3.63, 3.8) is 0 Å². The van der Waals surface area contributed by atoms with Gasteiger partial charge in [-0.15, -0.1) is 0 Å². The van der Waals surface area contributed by atoms with Crippen molar-refractivity contribution in [2.24, 2.45) is 5.92 Å². The highest BCUT2D eigenvalue weighted by Gasteiger charge is 2.22. The molecular weight excluding hydrogens is 334 g/mol. The molecule has 0 spiro atoms. The molecular formula is C22H26F2O2. The molecule has 0 unspecified atom stereocenters. The van der Waals surface area contributed by atoms with Crippen LogP contribution in [0, 0.1) is 24.5 Å². The lowest BCUT2D eigenvalue weighted by atomic mass is 9.99. The van der Waals surface area contributed by atoms with Gasteiger partial charge in [0.2, 0.25) is 0 Å². The zero-order valence-corrected chi connectivity index (χ0v) is 15.4. The Morgan fingerprint density at radius 2 is 1.58 bits per heavy atom. The molecule has 140 valence electrons. The fourth-order valence-corrected chi connectivity index (χ4v) is 3.38. The van der Waals surface area contributed by atoms with Gasteiger partial charge in [0.15, 0.2) is 6.29 Å². The standard InChI is InChI=1S/C22H26F2O2/c1-3-4-17-13-25-21(26-14-17)10-7-16-11-19(23)22(20(24)12-16)18-8-5-15(2)6-9-18/h5-6,8-9,11-12,17,21H,3-4,7,10,13-14H2,1-2H3. The second-order valence-corrected chi connectivity index (χ2v) is 7.09. The summed E-state index contributed by atoms with van der Waals surface area (Å²) in [6.45, 7) is 5.50. The van der Waals surface area contributed by atoms with Crippen molar-refractivity contribution in [3.8, 4) is 11.1 Å². The summed E-state index contributed by atoms with van der Waals surface area (Å²) in [6.07, 6.45) is 3.05. The zero-order chi connectivity index (χ0) is 18.5. The van der Waals surface area contributed by atoms with E-state index in [1.165, 1.54) is 12.1 Å². The van der Waals surface area contributed by atoms with Crippen molar-refractivity contribution in [1.29, 1.82) is 0 Å². The molecule has 0 saturated carbocycles. The molecule has 0 amide bonds. The van der Waals surface area contributed by atoms with Gasteiger partial charge in [0.1, 0.15) is 11.6 Å². The van der Waals surface area contributed by atoms with Crippen LogP contribution in [-0.2, 0) is 15.9 Å². The van der Waals surface area contributed by atoms with E-state index in [4.69, 9.17) is 9.47 Å². The fourth-order valence-electron chi connectivity index (χ4n) is 3.38. The molecule has 0 atom stereocenters. The van der Waals surface area contributed by atoms with Crippen molar-refractivity contribution < 1.29 is 18.3 Å². The average molecular weight is 360 g/mol. The van der Waals surface area contributed by atoms with Crippen LogP contribution < -0.4 is 0 Å². The lowest BCUT2D eigenvalue weighted by molar-refractivity contribution is -0.203. The van der Waals surface area contributed by atoms with Crippen LogP contribution >= 0.6 is 0 Å². The van der Waals surface area contributed by atoms with Gasteiger partial charge in [0.05, 0.1) is 18.8 Å². The summed E-state index contributed by atoms with van der Waals surface area (Å²) >= 11 is 0. The van der Waals surface area contributed by atoms with Gasteiger partial charge < -0.3 is 9.47 Å². The Kier molecular flexibility index (Phi) is 6.38. The monoisotopic (exact) mass is 360 g/mol. The molecule has 26 heavy (non-hydrogen) atoms. The summed E-state index contributed by atoms with van der Waals surface area (Å²) in [7, 11) is 0. The first-order chi connectivity index (χ1) is 12.6. The predicted molar refractivity (Wildman–Crippen MR) is 98.9 cm³/mol. The van der Waals surface area contributed by atoms with Gasteiger partial charge in [0, 0.05) is 12.3 Å². The molecule has 1 fully saturated rings. The molecule has 4 heteroatoms. The van der Waals surface area contributed by atoms with Crippen molar-refractivity contribution in [2.45, 2.75) is 45.8 Å². The normalized spacial score (nSPS) is 20.3. The molecule has 2 aromatic rings. The van der Waals surface area contributed by atoms with E-state index in [9.17, 15) is 8.78 Å². The van der Waals surface area contributed by atoms with E-state index in [1.54, 1.807) is 12.1 Å². The van der Waals surface area contributed by atoms with Gasteiger partial charge in [-0.1, -0.05) is 43.2 Å². The lowest BCUT2D eigenvalue weighted by Crippen LogP contribution is -2.32. The second kappa shape index (κ2) is 8.74. The summed E-state index contributed by atoms with van der Waals surface area (Å²) in [4.78, 5) is 0. The molecule has 0 radical (unpaired) electrons. The Hall–Kier alpha value is -1.78. The van der Waals surface area contributed by atoms with Gasteiger partial charge in [0.25, 0.3) is 0 Å². The van der Waals surface area contributed by atoms with Gasteiger partial charge >= 0.3 is 0 Å². The minimum absolute atomic E-state index is 0.0290. The van der Waals surface area contributed by atoms with Crippen LogP contribution in [0.15, 0.2) is 36.4 Å². The maximum Gasteiger partial charge on any atom is 0.157 e. The molecule has 1 heterocycles. The highest BCUT2D eigenvalue weighted by Crippen LogP contribution is 2.28. The van der Waals surface area contributed by atoms with Crippen LogP contribution in [0.25, 0.3) is 11.1 Å². The lowest BCUT2D eigenvalue weighted by Gasteiger charge is -2.29. The summed E-state index contributed by atoms with van der Waals surface area (Å²) < 4.78 is 40.4. The predicted octanol–water partition coefficient (Wildman–Crippen LogP) is 5.66. The Labute approximate surface area is 154 Å². The highest BCUT2D eigenvalue weighted by molar-refractivity contribution is 5.65. The van der Waals surface area contributed by atoms with Crippen LogP contribution in [0.3, 0.4) is 0 Å². The minimum atomic E-state index is -0.530. The largest absolute Gasteiger partial charge is 0.352 e. The van der Waals surface area contributed by atoms with Gasteiger partial charge in [-0.2, -0.15) is 0 Å². The van der Waals surface area contributed by atoms with E-state index in [2.05, 4.69) is 6.92 Å². The smallest absolute Gasteiger partial charge is 0.157 e. The molecule has 1 aliphatic rings. The topological polar surface area (TPSA) is 18.5 Å². The van der Waals surface area contributed by atoms with Crippen LogP contribution in [0.5, 0.6) is 0 Å². The third-order valence-electron chi connectivity index (χ3n) is 4.84. The molecule has 2 aromatic carbocycles. The number of rotatable bonds is 6. The Morgan fingerprint density at radius 1 is 0.962 bits per heavy atom. The number of aryl methyl sites for hydroxylation is 2. The first-order valence-corrected chi connectivity index (χ1v) is 9.35. The third kappa shape index (κ3) is 4.68. The van der Waals surface area contributed by atoms with E-state index in [-0.39, 0.29) is 11.9 Å². The SMILES string of the molecule is CCCC1COC(CCc2cc(F)c(-c3ccc(C)cc3)c(F)c2)OC1. The van der Waals surface area contributed by atoms with E-state index in [0.717, 1.165) is 18.4 Å². The maximum absolute atomic E-state index is 14.5. The van der Waals surface area contributed by atoms with Gasteiger partial charge in [-0.25, -0.2) is 8.78 Å². The van der Waals surface area contributed by atoms with Crippen LogP contribution in [0.4, 0.5) is 8.78 Å². The summed E-state index contributed by atoms with van der Waals surface area (Å²) in [5.74, 6) is -0.602. The number of hydrogen-bond donors (Lipinski definition) is 0. The second-order valence-electron chi connectivity index (χ2n) is 7.09. The molecule has 1 aliphatic heterocycles. The number of halogens is 2. The quantitative estimate of drug-likeness (QED) is 0.661. The van der Waals surface area contributed by atoms with Crippen molar-refractivity contribution in [2.75, 3.05) is 13.2 Å². The van der Waals surface area contributed by atoms with Crippen molar-refractivity contribution >= 4 is 0 Å². The highest BCUT2D eigenvalue weighted by atomic mass is 19.1. The summed E-state index contributed by atoms with van der Waals surface area (Å²) in [5, 5.41) is 0. The van der Waals surface area contributed by atoms with E-state index < -0.39 is 11.6 Å². The molecule has 0 bridgehead atoms. The van der Waals surface area contributed by atoms with Crippen LogP contribution in [-0.4, -0.2) is 19.5 Å². The third-order valence-corrected chi connectivity index (χ3v) is 4.84. The Balaban J connectivity index is 1.62. The van der Waals surface area contributed by atoms with Gasteiger partial charge in [-0.3, -0.25) is 0 Å². The molecule has 0 aliphatic carbocycles. The molecule has 1 saturated heterocycles. The minimum Gasteiger partial charge on any atom is -0.352 e. The van der Waals surface area contributed by atoms with Crippen molar-refractivity contribution in [1.82, 2.24) is 0 Å². The van der Waals surface area contributed by atoms with Crippen LogP contribution in [0.1, 0.15) is 37.3 Å². The average Bonchev–Trinajstić information content (AvgIpc) is 2.62. The first kappa shape index (κ1) is 19.0. The van der Waals surface area contributed by atoms with Crippen molar-refractivity contribution in [3.05, 3.63) is 59.2 Å². The van der Waals surface area contributed by atoms with E-state index in [1.807, 2.05) is 19.1 Å². The van der Waals surface area contributed by atoms with E-state index >= 15 is 0 Å². The number of ether oxygens (including phenoxy) is 2. The first-order valence-electron chi connectivity index (χ1n) is 9.35. The summed E-state index contributed by atoms with van der Waals surface area (Å²) in [5.41, 5.74) is 2.26.